The van der Waals surface area contributed by atoms with E-state index in [4.69, 9.17) is 15.7 Å². The third-order valence-electron chi connectivity index (χ3n) is 3.16. The summed E-state index contributed by atoms with van der Waals surface area (Å²) in [6.07, 6.45) is 3.56. The highest BCUT2D eigenvalue weighted by Crippen LogP contribution is 2.26. The van der Waals surface area contributed by atoms with Crippen LogP contribution in [0.5, 0.6) is 0 Å². The number of nitrogen functional groups attached to an aromatic ring is 1. The maximum Gasteiger partial charge on any atom is 0.153 e. The number of nitriles is 1. The van der Waals surface area contributed by atoms with Gasteiger partial charge in [0.25, 0.3) is 0 Å². The predicted octanol–water partition coefficient (Wildman–Crippen LogP) is 1.15. The maximum atomic E-state index is 8.94. The minimum absolute atomic E-state index is 0.382. The first-order valence-electron chi connectivity index (χ1n) is 5.69. The molecule has 0 amide bonds. The Labute approximate surface area is 101 Å². The van der Waals surface area contributed by atoms with E-state index in [0.29, 0.717) is 23.1 Å². The zero-order valence-electron chi connectivity index (χ0n) is 9.89. The van der Waals surface area contributed by atoms with Crippen LogP contribution in [0.15, 0.2) is 12.3 Å². The fourth-order valence-corrected chi connectivity index (χ4v) is 2.09. The highest BCUT2D eigenvalue weighted by atomic mass is 16.5. The second-order valence-corrected chi connectivity index (χ2v) is 4.16. The molecule has 2 rings (SSSR count). The fraction of sp³-hybridized carbons (Fsp3) is 0.500. The SMILES string of the molecule is CN(c1nccc(C#N)c1N)C1CCOCC1. The van der Waals surface area contributed by atoms with Crippen molar-refractivity contribution in [1.82, 2.24) is 4.98 Å². The highest BCUT2D eigenvalue weighted by molar-refractivity contribution is 5.70. The molecule has 0 saturated carbocycles. The first-order valence-corrected chi connectivity index (χ1v) is 5.69. The summed E-state index contributed by atoms with van der Waals surface area (Å²) >= 11 is 0. The van der Waals surface area contributed by atoms with Crippen LogP contribution in [-0.4, -0.2) is 31.3 Å². The van der Waals surface area contributed by atoms with Gasteiger partial charge in [-0.05, 0) is 18.9 Å². The van der Waals surface area contributed by atoms with Gasteiger partial charge in [-0.25, -0.2) is 4.98 Å². The van der Waals surface area contributed by atoms with Gasteiger partial charge in [0.15, 0.2) is 5.82 Å². The molecule has 0 bridgehead atoms. The molecule has 5 heteroatoms. The van der Waals surface area contributed by atoms with E-state index >= 15 is 0 Å². The number of anilines is 2. The zero-order chi connectivity index (χ0) is 12.3. The molecular formula is C12H16N4O. The van der Waals surface area contributed by atoms with Crippen LogP contribution in [0.3, 0.4) is 0 Å². The van der Waals surface area contributed by atoms with Crippen molar-refractivity contribution in [1.29, 1.82) is 5.26 Å². The summed E-state index contributed by atoms with van der Waals surface area (Å²) in [6.45, 7) is 1.54. The van der Waals surface area contributed by atoms with E-state index in [1.54, 1.807) is 12.3 Å². The Morgan fingerprint density at radius 3 is 2.88 bits per heavy atom. The van der Waals surface area contributed by atoms with E-state index in [0.717, 1.165) is 26.1 Å². The molecule has 1 aromatic heterocycles. The van der Waals surface area contributed by atoms with Crippen molar-refractivity contribution in [3.8, 4) is 6.07 Å². The second kappa shape index (κ2) is 5.02. The van der Waals surface area contributed by atoms with Gasteiger partial charge in [0, 0.05) is 32.5 Å². The summed E-state index contributed by atoms with van der Waals surface area (Å²) < 4.78 is 5.33. The number of ether oxygens (including phenoxy) is 1. The van der Waals surface area contributed by atoms with Gasteiger partial charge in [-0.15, -0.1) is 0 Å². The molecule has 1 aliphatic heterocycles. The average molecular weight is 232 g/mol. The van der Waals surface area contributed by atoms with E-state index in [2.05, 4.69) is 16.0 Å². The topological polar surface area (TPSA) is 75.2 Å². The predicted molar refractivity (Wildman–Crippen MR) is 65.6 cm³/mol. The van der Waals surface area contributed by atoms with Gasteiger partial charge in [0.1, 0.15) is 6.07 Å². The molecule has 2 N–H and O–H groups in total. The van der Waals surface area contributed by atoms with Crippen LogP contribution in [-0.2, 0) is 4.74 Å². The third-order valence-corrected chi connectivity index (χ3v) is 3.16. The van der Waals surface area contributed by atoms with Crippen LogP contribution in [0.25, 0.3) is 0 Å². The van der Waals surface area contributed by atoms with E-state index in [1.165, 1.54) is 0 Å². The molecule has 0 aromatic carbocycles. The molecule has 1 saturated heterocycles. The number of rotatable bonds is 2. The van der Waals surface area contributed by atoms with Crippen LogP contribution in [0.1, 0.15) is 18.4 Å². The Balaban J connectivity index is 2.24. The molecule has 1 aromatic rings. The van der Waals surface area contributed by atoms with Gasteiger partial charge >= 0.3 is 0 Å². The first-order chi connectivity index (χ1) is 8.24. The summed E-state index contributed by atoms with van der Waals surface area (Å²) in [6, 6.07) is 4.09. The van der Waals surface area contributed by atoms with E-state index in [1.807, 2.05) is 7.05 Å². The van der Waals surface area contributed by atoms with Crippen molar-refractivity contribution < 1.29 is 4.74 Å². The number of hydrogen-bond donors (Lipinski definition) is 1. The van der Waals surface area contributed by atoms with Gasteiger partial charge in [-0.3, -0.25) is 0 Å². The van der Waals surface area contributed by atoms with Crippen molar-refractivity contribution in [3.63, 3.8) is 0 Å². The monoisotopic (exact) mass is 232 g/mol. The normalized spacial score (nSPS) is 16.5. The molecule has 2 heterocycles. The minimum Gasteiger partial charge on any atom is -0.395 e. The Morgan fingerprint density at radius 2 is 2.24 bits per heavy atom. The number of aromatic nitrogens is 1. The highest BCUT2D eigenvalue weighted by Gasteiger charge is 2.21. The lowest BCUT2D eigenvalue weighted by atomic mass is 10.1. The summed E-state index contributed by atoms with van der Waals surface area (Å²) in [4.78, 5) is 6.33. The van der Waals surface area contributed by atoms with Crippen LogP contribution in [0, 0.1) is 11.3 Å². The minimum atomic E-state index is 0.382. The lowest BCUT2D eigenvalue weighted by molar-refractivity contribution is 0.0854. The number of hydrogen-bond acceptors (Lipinski definition) is 5. The molecule has 1 fully saturated rings. The molecule has 90 valence electrons. The Morgan fingerprint density at radius 1 is 1.53 bits per heavy atom. The van der Waals surface area contributed by atoms with Gasteiger partial charge in [-0.1, -0.05) is 0 Å². The molecule has 0 spiro atoms. The van der Waals surface area contributed by atoms with E-state index in [-0.39, 0.29) is 0 Å². The van der Waals surface area contributed by atoms with E-state index in [9.17, 15) is 0 Å². The van der Waals surface area contributed by atoms with Crippen LogP contribution in [0.2, 0.25) is 0 Å². The maximum absolute atomic E-state index is 8.94. The van der Waals surface area contributed by atoms with Crippen molar-refractivity contribution in [2.75, 3.05) is 30.9 Å². The lowest BCUT2D eigenvalue weighted by Gasteiger charge is -2.32. The van der Waals surface area contributed by atoms with Gasteiger partial charge in [0.2, 0.25) is 0 Å². The average Bonchev–Trinajstić information content (AvgIpc) is 2.39. The van der Waals surface area contributed by atoms with Gasteiger partial charge in [0.05, 0.1) is 11.3 Å². The van der Waals surface area contributed by atoms with Crippen molar-refractivity contribution in [2.24, 2.45) is 0 Å². The van der Waals surface area contributed by atoms with Crippen molar-refractivity contribution in [3.05, 3.63) is 17.8 Å². The second-order valence-electron chi connectivity index (χ2n) is 4.16. The first kappa shape index (κ1) is 11.7. The van der Waals surface area contributed by atoms with Crippen LogP contribution in [0.4, 0.5) is 11.5 Å². The quantitative estimate of drug-likeness (QED) is 0.827. The van der Waals surface area contributed by atoms with Crippen molar-refractivity contribution >= 4 is 11.5 Å². The van der Waals surface area contributed by atoms with Crippen molar-refractivity contribution in [2.45, 2.75) is 18.9 Å². The largest absolute Gasteiger partial charge is 0.395 e. The Kier molecular flexibility index (Phi) is 3.45. The van der Waals surface area contributed by atoms with Crippen LogP contribution >= 0.6 is 0 Å². The summed E-state index contributed by atoms with van der Waals surface area (Å²) in [5.74, 6) is 0.691. The van der Waals surface area contributed by atoms with Crippen LogP contribution < -0.4 is 10.6 Å². The summed E-state index contributed by atoms with van der Waals surface area (Å²) in [7, 11) is 1.97. The molecule has 0 aliphatic carbocycles. The molecule has 0 atom stereocenters. The Bertz CT molecular complexity index is 435. The zero-order valence-corrected chi connectivity index (χ0v) is 9.89. The molecular weight excluding hydrogens is 216 g/mol. The lowest BCUT2D eigenvalue weighted by Crippen LogP contribution is -2.37. The number of pyridine rings is 1. The van der Waals surface area contributed by atoms with E-state index < -0.39 is 0 Å². The van der Waals surface area contributed by atoms with Gasteiger partial charge < -0.3 is 15.4 Å². The smallest absolute Gasteiger partial charge is 0.153 e. The molecule has 17 heavy (non-hydrogen) atoms. The van der Waals surface area contributed by atoms with Gasteiger partial charge in [-0.2, -0.15) is 5.26 Å². The summed E-state index contributed by atoms with van der Waals surface area (Å²) in [5, 5.41) is 8.94. The fourth-order valence-electron chi connectivity index (χ4n) is 2.09. The Hall–Kier alpha value is -1.80. The summed E-state index contributed by atoms with van der Waals surface area (Å²) in [5.41, 5.74) is 6.89. The third kappa shape index (κ3) is 2.32. The molecule has 1 aliphatic rings. The number of nitrogens with two attached hydrogens (primary N) is 1. The standard InChI is InChI=1S/C12H16N4O/c1-16(10-3-6-17-7-4-10)12-11(14)9(8-13)2-5-15-12/h2,5,10H,3-4,6-7,14H2,1H3. The molecule has 5 nitrogen and oxygen atoms in total. The molecule has 0 unspecified atom stereocenters. The molecule has 0 radical (unpaired) electrons. The number of nitrogens with zero attached hydrogens (tertiary/aromatic N) is 3.